The molecule has 1 aromatic rings. The van der Waals surface area contributed by atoms with Gasteiger partial charge in [-0.3, -0.25) is 0 Å². The first-order valence-corrected chi connectivity index (χ1v) is 5.08. The average molecular weight is 210 g/mol. The molecule has 1 rings (SSSR count). The molecule has 0 saturated heterocycles. The van der Waals surface area contributed by atoms with Crippen molar-refractivity contribution >= 4 is 0 Å². The third-order valence-electron chi connectivity index (χ3n) is 2.35. The topological polar surface area (TPSA) is 49.7 Å². The Morgan fingerprint density at radius 1 is 1.13 bits per heavy atom. The SMILES string of the molecule is CCC(O)(O)OC(C)(C)c1ccccc1. The van der Waals surface area contributed by atoms with Crippen LogP contribution in [0.25, 0.3) is 0 Å². The first kappa shape index (κ1) is 12.2. The Labute approximate surface area is 90.3 Å². The smallest absolute Gasteiger partial charge is 0.278 e. The summed E-state index contributed by atoms with van der Waals surface area (Å²) in [6, 6.07) is 9.48. The maximum atomic E-state index is 9.45. The van der Waals surface area contributed by atoms with Gasteiger partial charge in [-0.05, 0) is 19.4 Å². The molecule has 0 aliphatic rings. The van der Waals surface area contributed by atoms with Gasteiger partial charge in [0.05, 0.1) is 5.60 Å². The van der Waals surface area contributed by atoms with Crippen LogP contribution < -0.4 is 0 Å². The molecule has 3 heteroatoms. The molecule has 0 aliphatic carbocycles. The minimum atomic E-state index is -2.07. The molecule has 0 amide bonds. The van der Waals surface area contributed by atoms with Gasteiger partial charge in [0.15, 0.2) is 0 Å². The number of benzene rings is 1. The maximum absolute atomic E-state index is 9.45. The van der Waals surface area contributed by atoms with Gasteiger partial charge >= 0.3 is 0 Å². The van der Waals surface area contributed by atoms with Crippen molar-refractivity contribution in [3.05, 3.63) is 35.9 Å². The largest absolute Gasteiger partial charge is 0.343 e. The Morgan fingerprint density at radius 2 is 1.67 bits per heavy atom. The Hall–Kier alpha value is -0.900. The van der Waals surface area contributed by atoms with Crippen molar-refractivity contribution in [2.45, 2.75) is 38.8 Å². The number of ether oxygens (including phenoxy) is 1. The van der Waals surface area contributed by atoms with Gasteiger partial charge in [-0.25, -0.2) is 0 Å². The highest BCUT2D eigenvalue weighted by Gasteiger charge is 2.32. The summed E-state index contributed by atoms with van der Waals surface area (Å²) >= 11 is 0. The second-order valence-electron chi connectivity index (χ2n) is 4.08. The molecule has 0 saturated carbocycles. The van der Waals surface area contributed by atoms with Crippen LogP contribution in [0.4, 0.5) is 0 Å². The van der Waals surface area contributed by atoms with Gasteiger partial charge in [0, 0.05) is 6.42 Å². The van der Waals surface area contributed by atoms with Crippen molar-refractivity contribution in [2.75, 3.05) is 0 Å². The molecule has 0 radical (unpaired) electrons. The zero-order valence-electron chi connectivity index (χ0n) is 9.40. The molecule has 0 heterocycles. The number of hydrogen-bond donors (Lipinski definition) is 2. The fourth-order valence-corrected chi connectivity index (χ4v) is 1.38. The van der Waals surface area contributed by atoms with Crippen LogP contribution in [0, 0.1) is 0 Å². The van der Waals surface area contributed by atoms with E-state index in [1.165, 1.54) is 0 Å². The van der Waals surface area contributed by atoms with Crippen molar-refractivity contribution in [1.82, 2.24) is 0 Å². The molecule has 0 aromatic heterocycles. The van der Waals surface area contributed by atoms with Crippen LogP contribution in [0.1, 0.15) is 32.8 Å². The van der Waals surface area contributed by atoms with E-state index >= 15 is 0 Å². The summed E-state index contributed by atoms with van der Waals surface area (Å²) < 4.78 is 5.27. The van der Waals surface area contributed by atoms with Crippen molar-refractivity contribution in [3.63, 3.8) is 0 Å². The lowest BCUT2D eigenvalue weighted by Crippen LogP contribution is -2.39. The van der Waals surface area contributed by atoms with E-state index in [4.69, 9.17) is 4.74 Å². The minimum Gasteiger partial charge on any atom is -0.343 e. The normalized spacial score (nSPS) is 12.9. The van der Waals surface area contributed by atoms with Gasteiger partial charge in [-0.1, -0.05) is 37.3 Å². The van der Waals surface area contributed by atoms with Crippen LogP contribution in [0.2, 0.25) is 0 Å². The van der Waals surface area contributed by atoms with E-state index < -0.39 is 11.6 Å². The highest BCUT2D eigenvalue weighted by molar-refractivity contribution is 5.20. The van der Waals surface area contributed by atoms with E-state index in [2.05, 4.69) is 0 Å². The summed E-state index contributed by atoms with van der Waals surface area (Å²) in [6.45, 7) is 5.26. The lowest BCUT2D eigenvalue weighted by molar-refractivity contribution is -0.375. The molecular formula is C12H18O3. The Balaban J connectivity index is 2.85. The predicted octanol–water partition coefficient (Wildman–Crippen LogP) is 1.99. The molecule has 84 valence electrons. The third kappa shape index (κ3) is 3.30. The van der Waals surface area contributed by atoms with Crippen LogP contribution in [0.15, 0.2) is 30.3 Å². The van der Waals surface area contributed by atoms with E-state index in [9.17, 15) is 10.2 Å². The zero-order chi connectivity index (χ0) is 11.5. The number of rotatable bonds is 4. The van der Waals surface area contributed by atoms with Gasteiger partial charge in [0.25, 0.3) is 5.97 Å². The van der Waals surface area contributed by atoms with Crippen LogP contribution in [-0.2, 0) is 10.3 Å². The van der Waals surface area contributed by atoms with Crippen molar-refractivity contribution in [2.24, 2.45) is 0 Å². The van der Waals surface area contributed by atoms with Gasteiger partial charge in [-0.15, -0.1) is 0 Å². The molecule has 0 aliphatic heterocycles. The van der Waals surface area contributed by atoms with Crippen LogP contribution in [0.3, 0.4) is 0 Å². The van der Waals surface area contributed by atoms with Gasteiger partial charge in [0.2, 0.25) is 0 Å². The third-order valence-corrected chi connectivity index (χ3v) is 2.35. The molecule has 15 heavy (non-hydrogen) atoms. The summed E-state index contributed by atoms with van der Waals surface area (Å²) in [5, 5.41) is 18.9. The fourth-order valence-electron chi connectivity index (χ4n) is 1.38. The van der Waals surface area contributed by atoms with Crippen LogP contribution >= 0.6 is 0 Å². The summed E-state index contributed by atoms with van der Waals surface area (Å²) in [4.78, 5) is 0. The van der Waals surface area contributed by atoms with Gasteiger partial charge in [0.1, 0.15) is 0 Å². The van der Waals surface area contributed by atoms with Crippen molar-refractivity contribution < 1.29 is 14.9 Å². The molecule has 0 atom stereocenters. The van der Waals surface area contributed by atoms with E-state index in [1.807, 2.05) is 30.3 Å². The van der Waals surface area contributed by atoms with E-state index in [-0.39, 0.29) is 6.42 Å². The Kier molecular flexibility index (Phi) is 3.50. The number of hydrogen-bond acceptors (Lipinski definition) is 3. The molecule has 3 nitrogen and oxygen atoms in total. The van der Waals surface area contributed by atoms with E-state index in [0.29, 0.717) is 0 Å². The summed E-state index contributed by atoms with van der Waals surface area (Å²) in [5.74, 6) is -2.07. The molecule has 0 spiro atoms. The fraction of sp³-hybridized carbons (Fsp3) is 0.500. The van der Waals surface area contributed by atoms with Crippen molar-refractivity contribution in [1.29, 1.82) is 0 Å². The van der Waals surface area contributed by atoms with Gasteiger partial charge < -0.3 is 14.9 Å². The molecule has 1 aromatic carbocycles. The minimum absolute atomic E-state index is 0.128. The predicted molar refractivity (Wildman–Crippen MR) is 58.0 cm³/mol. The van der Waals surface area contributed by atoms with E-state index in [1.54, 1.807) is 20.8 Å². The Bertz CT molecular complexity index is 304. The average Bonchev–Trinajstić information content (AvgIpc) is 2.18. The number of aliphatic hydroxyl groups is 2. The van der Waals surface area contributed by atoms with Crippen LogP contribution in [-0.4, -0.2) is 16.2 Å². The van der Waals surface area contributed by atoms with Crippen LogP contribution in [0.5, 0.6) is 0 Å². The maximum Gasteiger partial charge on any atom is 0.278 e. The zero-order valence-corrected chi connectivity index (χ0v) is 9.40. The quantitative estimate of drug-likeness (QED) is 0.747. The summed E-state index contributed by atoms with van der Waals surface area (Å²) in [7, 11) is 0. The summed E-state index contributed by atoms with van der Waals surface area (Å²) in [5.41, 5.74) is 0.187. The first-order chi connectivity index (χ1) is 6.87. The Morgan fingerprint density at radius 3 is 2.13 bits per heavy atom. The second-order valence-corrected chi connectivity index (χ2v) is 4.08. The van der Waals surface area contributed by atoms with Crippen molar-refractivity contribution in [3.8, 4) is 0 Å². The summed E-state index contributed by atoms with van der Waals surface area (Å²) in [6.07, 6.45) is 0.128. The second kappa shape index (κ2) is 4.31. The van der Waals surface area contributed by atoms with E-state index in [0.717, 1.165) is 5.56 Å². The highest BCUT2D eigenvalue weighted by atomic mass is 16.8. The monoisotopic (exact) mass is 210 g/mol. The molecule has 2 N–H and O–H groups in total. The first-order valence-electron chi connectivity index (χ1n) is 5.08. The molecule has 0 bridgehead atoms. The molecule has 0 fully saturated rings. The lowest BCUT2D eigenvalue weighted by Gasteiger charge is -2.33. The highest BCUT2D eigenvalue weighted by Crippen LogP contribution is 2.29. The standard InChI is InChI=1S/C12H18O3/c1-4-12(13,14)15-11(2,3)10-8-6-5-7-9-10/h5-9,13-14H,4H2,1-3H3. The van der Waals surface area contributed by atoms with Gasteiger partial charge in [-0.2, -0.15) is 0 Å². The molecular weight excluding hydrogens is 192 g/mol. The molecule has 0 unspecified atom stereocenters. The lowest BCUT2D eigenvalue weighted by atomic mass is 9.98.